The summed E-state index contributed by atoms with van der Waals surface area (Å²) < 4.78 is 0. The quantitative estimate of drug-likeness (QED) is 0.630. The Hall–Kier alpha value is -1.18. The molecule has 0 aliphatic heterocycles. The second kappa shape index (κ2) is 3.03. The summed E-state index contributed by atoms with van der Waals surface area (Å²) in [7, 11) is 0. The van der Waals surface area contributed by atoms with Gasteiger partial charge in [-0.3, -0.25) is 9.59 Å². The standard InChI is InChI=1S/C18H18O2/c19-17-13-9-3-1-7(5-9)11(13)15-16(17)12-8-2-4-10(6-8)14(12)18(15)20/h1-4,7-16H,5-6H2. The molecule has 6 rings (SSSR count). The van der Waals surface area contributed by atoms with Gasteiger partial charge in [0.2, 0.25) is 0 Å². The molecular weight excluding hydrogens is 248 g/mol. The fraction of sp³-hybridized carbons (Fsp3) is 0.667. The van der Waals surface area contributed by atoms with Gasteiger partial charge in [0.15, 0.2) is 0 Å². The average molecular weight is 266 g/mol. The van der Waals surface area contributed by atoms with Gasteiger partial charge in [-0.15, -0.1) is 0 Å². The van der Waals surface area contributed by atoms with Crippen LogP contribution in [0.15, 0.2) is 24.3 Å². The lowest BCUT2D eigenvalue weighted by molar-refractivity contribution is -0.127. The highest BCUT2D eigenvalue weighted by Crippen LogP contribution is 2.68. The van der Waals surface area contributed by atoms with Gasteiger partial charge in [0.05, 0.1) is 0 Å². The van der Waals surface area contributed by atoms with Crippen molar-refractivity contribution in [1.29, 1.82) is 0 Å². The summed E-state index contributed by atoms with van der Waals surface area (Å²) in [5, 5.41) is 0. The number of rotatable bonds is 0. The summed E-state index contributed by atoms with van der Waals surface area (Å²) >= 11 is 0. The molecular formula is C18H18O2. The second-order valence-electron chi connectivity index (χ2n) is 7.96. The summed E-state index contributed by atoms with van der Waals surface area (Å²) in [4.78, 5) is 26.0. The van der Waals surface area contributed by atoms with Crippen molar-refractivity contribution in [2.45, 2.75) is 12.8 Å². The molecule has 102 valence electrons. The van der Waals surface area contributed by atoms with Gasteiger partial charge >= 0.3 is 0 Å². The van der Waals surface area contributed by atoms with E-state index in [-0.39, 0.29) is 23.7 Å². The molecule has 4 bridgehead atoms. The Morgan fingerprint density at radius 1 is 0.600 bits per heavy atom. The molecule has 0 aromatic rings. The summed E-state index contributed by atoms with van der Waals surface area (Å²) in [6.07, 6.45) is 11.4. The van der Waals surface area contributed by atoms with E-state index in [4.69, 9.17) is 0 Å². The molecule has 4 saturated carbocycles. The molecule has 0 aromatic carbocycles. The van der Waals surface area contributed by atoms with Crippen molar-refractivity contribution in [2.24, 2.45) is 59.2 Å². The van der Waals surface area contributed by atoms with E-state index in [0.29, 0.717) is 47.1 Å². The maximum Gasteiger partial charge on any atom is 0.141 e. The highest BCUT2D eigenvalue weighted by molar-refractivity contribution is 6.01. The Balaban J connectivity index is 1.51. The van der Waals surface area contributed by atoms with Crippen LogP contribution >= 0.6 is 0 Å². The predicted molar refractivity (Wildman–Crippen MR) is 72.4 cm³/mol. The van der Waals surface area contributed by atoms with Crippen LogP contribution in [0.25, 0.3) is 0 Å². The highest BCUT2D eigenvalue weighted by Gasteiger charge is 2.71. The molecule has 0 aromatic heterocycles. The van der Waals surface area contributed by atoms with Crippen LogP contribution in [-0.2, 0) is 9.59 Å². The molecule has 2 heteroatoms. The molecule has 10 atom stereocenters. The van der Waals surface area contributed by atoms with E-state index in [1.165, 1.54) is 0 Å². The number of hydrogen-bond acceptors (Lipinski definition) is 2. The van der Waals surface area contributed by atoms with Gasteiger partial charge in [-0.1, -0.05) is 24.3 Å². The maximum atomic E-state index is 13.0. The Morgan fingerprint density at radius 3 is 1.45 bits per heavy atom. The monoisotopic (exact) mass is 266 g/mol. The van der Waals surface area contributed by atoms with Crippen molar-refractivity contribution < 1.29 is 9.59 Å². The minimum Gasteiger partial charge on any atom is -0.299 e. The zero-order chi connectivity index (χ0) is 13.2. The summed E-state index contributed by atoms with van der Waals surface area (Å²) in [6, 6.07) is 0. The largest absolute Gasteiger partial charge is 0.299 e. The first-order chi connectivity index (χ1) is 9.75. The zero-order valence-corrected chi connectivity index (χ0v) is 11.3. The number of Topliss-reactive ketones (excluding diaryl/α,β-unsaturated/α-hetero) is 2. The van der Waals surface area contributed by atoms with E-state index in [2.05, 4.69) is 24.3 Å². The van der Waals surface area contributed by atoms with Crippen LogP contribution in [0.3, 0.4) is 0 Å². The Labute approximate surface area is 118 Å². The van der Waals surface area contributed by atoms with E-state index < -0.39 is 0 Å². The lowest BCUT2D eigenvalue weighted by Crippen LogP contribution is -2.30. The van der Waals surface area contributed by atoms with Crippen molar-refractivity contribution in [3.8, 4) is 0 Å². The molecule has 0 radical (unpaired) electrons. The third-order valence-corrected chi connectivity index (χ3v) is 7.57. The number of allylic oxidation sites excluding steroid dienone is 4. The SMILES string of the molecule is O=C1C2C3C=CC(C3)C2C2C(=O)C3C4C=CC(C4)C3C12. The molecule has 10 unspecified atom stereocenters. The topological polar surface area (TPSA) is 34.1 Å². The zero-order valence-electron chi connectivity index (χ0n) is 11.3. The first-order valence-corrected chi connectivity index (χ1v) is 8.20. The number of carbonyl (C=O) groups is 2. The molecule has 2 nitrogen and oxygen atoms in total. The van der Waals surface area contributed by atoms with Crippen LogP contribution in [0.2, 0.25) is 0 Å². The normalized spacial score (nSPS) is 63.4. The smallest absolute Gasteiger partial charge is 0.141 e. The van der Waals surface area contributed by atoms with Crippen LogP contribution in [0.4, 0.5) is 0 Å². The molecule has 0 N–H and O–H groups in total. The Kier molecular flexibility index (Phi) is 1.59. The molecule has 20 heavy (non-hydrogen) atoms. The molecule has 0 saturated heterocycles. The van der Waals surface area contributed by atoms with Crippen molar-refractivity contribution >= 4 is 11.6 Å². The molecule has 0 amide bonds. The van der Waals surface area contributed by atoms with E-state index in [1.807, 2.05) is 0 Å². The third-order valence-electron chi connectivity index (χ3n) is 7.57. The fourth-order valence-corrected chi connectivity index (χ4v) is 7.16. The van der Waals surface area contributed by atoms with Crippen molar-refractivity contribution in [1.82, 2.24) is 0 Å². The number of hydrogen-bond donors (Lipinski definition) is 0. The first kappa shape index (κ1) is 10.5. The highest BCUT2D eigenvalue weighted by atomic mass is 16.1. The van der Waals surface area contributed by atoms with Crippen LogP contribution in [-0.4, -0.2) is 11.6 Å². The fourth-order valence-electron chi connectivity index (χ4n) is 7.16. The third kappa shape index (κ3) is 0.889. The minimum absolute atomic E-state index is 0.0904. The average Bonchev–Trinajstić information content (AvgIpc) is 3.21. The van der Waals surface area contributed by atoms with Gasteiger partial charge in [-0.2, -0.15) is 0 Å². The van der Waals surface area contributed by atoms with Crippen molar-refractivity contribution in [3.05, 3.63) is 24.3 Å². The van der Waals surface area contributed by atoms with E-state index >= 15 is 0 Å². The van der Waals surface area contributed by atoms with Crippen molar-refractivity contribution in [2.75, 3.05) is 0 Å². The second-order valence-corrected chi connectivity index (χ2v) is 7.96. The maximum absolute atomic E-state index is 13.0. The number of ketones is 2. The lowest BCUT2D eigenvalue weighted by Gasteiger charge is -2.25. The van der Waals surface area contributed by atoms with E-state index in [1.54, 1.807) is 0 Å². The molecule has 4 fully saturated rings. The summed E-state index contributed by atoms with van der Waals surface area (Å²) in [5.74, 6) is 4.25. The van der Waals surface area contributed by atoms with Gasteiger partial charge < -0.3 is 0 Å². The molecule has 0 heterocycles. The number of carbonyl (C=O) groups excluding carboxylic acids is 2. The predicted octanol–water partition coefficient (Wildman–Crippen LogP) is 2.26. The number of fused-ring (bicyclic) bond motifs is 13. The van der Waals surface area contributed by atoms with Crippen LogP contribution in [0.5, 0.6) is 0 Å². The van der Waals surface area contributed by atoms with Crippen molar-refractivity contribution in [3.63, 3.8) is 0 Å². The van der Waals surface area contributed by atoms with Gasteiger partial charge in [0, 0.05) is 23.7 Å². The van der Waals surface area contributed by atoms with E-state index in [9.17, 15) is 9.59 Å². The van der Waals surface area contributed by atoms with Gasteiger partial charge in [-0.25, -0.2) is 0 Å². The minimum atomic E-state index is 0.0904. The van der Waals surface area contributed by atoms with Gasteiger partial charge in [-0.05, 0) is 48.3 Å². The van der Waals surface area contributed by atoms with Gasteiger partial charge in [0.25, 0.3) is 0 Å². The van der Waals surface area contributed by atoms with Gasteiger partial charge in [0.1, 0.15) is 11.6 Å². The molecule has 6 aliphatic rings. The summed E-state index contributed by atoms with van der Waals surface area (Å²) in [6.45, 7) is 0. The Bertz CT molecular complexity index is 561. The molecule has 0 spiro atoms. The lowest BCUT2D eigenvalue weighted by atomic mass is 9.77. The first-order valence-electron chi connectivity index (χ1n) is 8.20. The van der Waals surface area contributed by atoms with Crippen LogP contribution < -0.4 is 0 Å². The molecule has 6 aliphatic carbocycles. The van der Waals surface area contributed by atoms with Crippen LogP contribution in [0.1, 0.15) is 12.8 Å². The van der Waals surface area contributed by atoms with E-state index in [0.717, 1.165) is 12.8 Å². The Morgan fingerprint density at radius 2 is 1.00 bits per heavy atom. The summed E-state index contributed by atoms with van der Waals surface area (Å²) in [5.41, 5.74) is 0. The van der Waals surface area contributed by atoms with Crippen LogP contribution in [0, 0.1) is 59.2 Å².